The predicted octanol–water partition coefficient (Wildman–Crippen LogP) is 5.06. The van der Waals surface area contributed by atoms with Crippen LogP contribution >= 0.6 is 0 Å². The number of carbonyl (C=O) groups excluding carboxylic acids is 2. The van der Waals surface area contributed by atoms with Gasteiger partial charge in [-0.2, -0.15) is 0 Å². The highest BCUT2D eigenvalue weighted by Crippen LogP contribution is 2.27. The molecular formula is C31H38FN3O5S. The molecule has 41 heavy (non-hydrogen) atoms. The number of anilines is 1. The number of amides is 2. The fraction of sp³-hybridized carbons (Fsp3) is 0.355. The van der Waals surface area contributed by atoms with Gasteiger partial charge in [-0.25, -0.2) is 12.8 Å². The predicted molar refractivity (Wildman–Crippen MR) is 158 cm³/mol. The van der Waals surface area contributed by atoms with Gasteiger partial charge in [0.05, 0.1) is 17.2 Å². The molecule has 0 radical (unpaired) electrons. The average molecular weight is 584 g/mol. The topological polar surface area (TPSA) is 96.0 Å². The monoisotopic (exact) mass is 583 g/mol. The molecule has 3 aromatic carbocycles. The van der Waals surface area contributed by atoms with Gasteiger partial charge < -0.3 is 15.0 Å². The fourth-order valence-corrected chi connectivity index (χ4v) is 5.49. The first-order chi connectivity index (χ1) is 19.5. The second-order valence-electron chi connectivity index (χ2n) is 9.89. The quantitative estimate of drug-likeness (QED) is 0.304. The van der Waals surface area contributed by atoms with Gasteiger partial charge in [0.25, 0.3) is 10.0 Å². The van der Waals surface area contributed by atoms with Crippen molar-refractivity contribution in [2.75, 3.05) is 17.5 Å². The van der Waals surface area contributed by atoms with Crippen molar-refractivity contribution in [2.24, 2.45) is 0 Å². The van der Waals surface area contributed by atoms with E-state index in [-0.39, 0.29) is 29.1 Å². The molecule has 0 aliphatic carbocycles. The summed E-state index contributed by atoms with van der Waals surface area (Å²) in [5, 5.41) is 2.91. The minimum absolute atomic E-state index is 0.0968. The molecule has 3 aromatic rings. The Balaban J connectivity index is 2.02. The highest BCUT2D eigenvalue weighted by Gasteiger charge is 2.32. The number of carbonyl (C=O) groups is 2. The summed E-state index contributed by atoms with van der Waals surface area (Å²) in [5.74, 6) is -0.957. The Morgan fingerprint density at radius 1 is 0.927 bits per heavy atom. The van der Waals surface area contributed by atoms with Gasteiger partial charge in [-0.15, -0.1) is 0 Å². The van der Waals surface area contributed by atoms with Crippen LogP contribution in [0.1, 0.15) is 45.2 Å². The van der Waals surface area contributed by atoms with Crippen molar-refractivity contribution in [3.63, 3.8) is 0 Å². The summed E-state index contributed by atoms with van der Waals surface area (Å²) in [7, 11) is -4.29. The Morgan fingerprint density at radius 2 is 1.54 bits per heavy atom. The number of aryl methyl sites for hydroxylation is 1. The third-order valence-corrected chi connectivity index (χ3v) is 8.55. The zero-order valence-corrected chi connectivity index (χ0v) is 24.9. The summed E-state index contributed by atoms with van der Waals surface area (Å²) in [6.45, 7) is 9.17. The van der Waals surface area contributed by atoms with Crippen LogP contribution in [0, 0.1) is 12.7 Å². The minimum atomic E-state index is -4.29. The Hall–Kier alpha value is -3.92. The lowest BCUT2D eigenvalue weighted by atomic mass is 10.1. The van der Waals surface area contributed by atoms with E-state index in [9.17, 15) is 22.4 Å². The van der Waals surface area contributed by atoms with E-state index < -0.39 is 34.3 Å². The van der Waals surface area contributed by atoms with E-state index in [0.717, 1.165) is 39.7 Å². The summed E-state index contributed by atoms with van der Waals surface area (Å²) >= 11 is 0. The molecular weight excluding hydrogens is 545 g/mol. The molecule has 2 atom stereocenters. The van der Waals surface area contributed by atoms with E-state index in [1.165, 1.54) is 4.90 Å². The maximum Gasteiger partial charge on any atom is 0.264 e. The number of nitrogens with one attached hydrogen (secondary N) is 1. The standard InChI is InChI=1S/C31H38FN3O5S/c1-6-23(4)33-31(37)24(5)34(20-25-10-8-22(3)9-11-25)30(36)21-35(27-14-16-28(17-15-27)40-7-2)41(38,39)29-18-12-26(32)13-19-29/h8-19,23-24H,6-7,20-21H2,1-5H3,(H,33,37). The van der Waals surface area contributed by atoms with E-state index in [4.69, 9.17) is 4.74 Å². The molecule has 0 heterocycles. The number of benzene rings is 3. The molecule has 0 aromatic heterocycles. The van der Waals surface area contributed by atoms with Crippen molar-refractivity contribution in [1.29, 1.82) is 0 Å². The van der Waals surface area contributed by atoms with E-state index in [1.807, 2.05) is 52.0 Å². The van der Waals surface area contributed by atoms with Crippen LogP contribution < -0.4 is 14.4 Å². The molecule has 2 unspecified atom stereocenters. The molecule has 220 valence electrons. The first-order valence-electron chi connectivity index (χ1n) is 13.6. The van der Waals surface area contributed by atoms with Crippen LogP contribution in [-0.4, -0.2) is 50.4 Å². The molecule has 1 N–H and O–H groups in total. The number of sulfonamides is 1. The lowest BCUT2D eigenvalue weighted by molar-refractivity contribution is -0.139. The zero-order chi connectivity index (χ0) is 30.2. The molecule has 2 amide bonds. The Kier molecular flexibility index (Phi) is 10.9. The van der Waals surface area contributed by atoms with Gasteiger partial charge in [0.2, 0.25) is 11.8 Å². The fourth-order valence-electron chi connectivity index (χ4n) is 4.08. The number of halogens is 1. The van der Waals surface area contributed by atoms with Crippen LogP contribution in [0.4, 0.5) is 10.1 Å². The summed E-state index contributed by atoms with van der Waals surface area (Å²) < 4.78 is 47.7. The summed E-state index contributed by atoms with van der Waals surface area (Å²) in [5.41, 5.74) is 2.06. The molecule has 10 heteroatoms. The zero-order valence-electron chi connectivity index (χ0n) is 24.1. The second-order valence-corrected chi connectivity index (χ2v) is 11.8. The Bertz CT molecular complexity index is 1410. The Morgan fingerprint density at radius 3 is 2.10 bits per heavy atom. The lowest BCUT2D eigenvalue weighted by Crippen LogP contribution is -2.52. The molecule has 0 fully saturated rings. The molecule has 8 nitrogen and oxygen atoms in total. The molecule has 0 bridgehead atoms. The molecule has 0 aliphatic rings. The average Bonchev–Trinajstić information content (AvgIpc) is 2.95. The SMILES string of the molecule is CCOc1ccc(N(CC(=O)N(Cc2ccc(C)cc2)C(C)C(=O)NC(C)CC)S(=O)(=O)c2ccc(F)cc2)cc1. The van der Waals surface area contributed by atoms with Gasteiger partial charge in [0, 0.05) is 12.6 Å². The smallest absolute Gasteiger partial charge is 0.264 e. The van der Waals surface area contributed by atoms with Gasteiger partial charge in [-0.3, -0.25) is 13.9 Å². The minimum Gasteiger partial charge on any atom is -0.494 e. The largest absolute Gasteiger partial charge is 0.494 e. The third kappa shape index (κ3) is 8.29. The van der Waals surface area contributed by atoms with Crippen molar-refractivity contribution in [3.05, 3.63) is 89.7 Å². The number of ether oxygens (including phenoxy) is 1. The summed E-state index contributed by atoms with van der Waals surface area (Å²) in [6, 6.07) is 17.3. The van der Waals surface area contributed by atoms with E-state index in [0.29, 0.717) is 18.8 Å². The molecule has 0 spiro atoms. The van der Waals surface area contributed by atoms with Gasteiger partial charge in [0.1, 0.15) is 24.2 Å². The van der Waals surface area contributed by atoms with E-state index in [2.05, 4.69) is 5.32 Å². The second kappa shape index (κ2) is 14.1. The molecule has 0 saturated carbocycles. The molecule has 0 saturated heterocycles. The number of nitrogens with zero attached hydrogens (tertiary/aromatic N) is 2. The van der Waals surface area contributed by atoms with Crippen LogP contribution in [0.25, 0.3) is 0 Å². The maximum atomic E-state index is 14.0. The third-order valence-electron chi connectivity index (χ3n) is 6.76. The molecule has 3 rings (SSSR count). The summed E-state index contributed by atoms with van der Waals surface area (Å²) in [6.07, 6.45) is 0.714. The van der Waals surface area contributed by atoms with Crippen molar-refractivity contribution in [2.45, 2.75) is 64.6 Å². The van der Waals surface area contributed by atoms with Crippen LogP contribution in [0.5, 0.6) is 5.75 Å². The van der Waals surface area contributed by atoms with Crippen molar-refractivity contribution >= 4 is 27.5 Å². The first kappa shape index (κ1) is 31.6. The van der Waals surface area contributed by atoms with Gasteiger partial charge in [-0.05, 0) is 88.2 Å². The highest BCUT2D eigenvalue weighted by molar-refractivity contribution is 7.92. The van der Waals surface area contributed by atoms with E-state index in [1.54, 1.807) is 31.2 Å². The van der Waals surface area contributed by atoms with Crippen molar-refractivity contribution in [3.8, 4) is 5.75 Å². The normalized spacial score (nSPS) is 12.7. The van der Waals surface area contributed by atoms with Crippen LogP contribution in [0.2, 0.25) is 0 Å². The highest BCUT2D eigenvalue weighted by atomic mass is 32.2. The number of hydrogen-bond donors (Lipinski definition) is 1. The van der Waals surface area contributed by atoms with Gasteiger partial charge in [-0.1, -0.05) is 36.8 Å². The van der Waals surface area contributed by atoms with Crippen LogP contribution in [0.15, 0.2) is 77.7 Å². The van der Waals surface area contributed by atoms with Crippen LogP contribution in [-0.2, 0) is 26.2 Å². The number of hydrogen-bond acceptors (Lipinski definition) is 5. The van der Waals surface area contributed by atoms with Crippen molar-refractivity contribution < 1.29 is 27.1 Å². The Labute approximate surface area is 242 Å². The maximum absolute atomic E-state index is 14.0. The van der Waals surface area contributed by atoms with Gasteiger partial charge >= 0.3 is 0 Å². The van der Waals surface area contributed by atoms with Crippen molar-refractivity contribution in [1.82, 2.24) is 10.2 Å². The summed E-state index contributed by atoms with van der Waals surface area (Å²) in [4.78, 5) is 28.3. The van der Waals surface area contributed by atoms with Crippen LogP contribution in [0.3, 0.4) is 0 Å². The van der Waals surface area contributed by atoms with E-state index >= 15 is 0 Å². The molecule has 0 aliphatic heterocycles. The lowest BCUT2D eigenvalue weighted by Gasteiger charge is -2.32. The number of rotatable bonds is 13. The van der Waals surface area contributed by atoms with Gasteiger partial charge in [0.15, 0.2) is 0 Å². The first-order valence-corrected chi connectivity index (χ1v) is 15.1.